The number of carbonyl (C=O) groups excluding carboxylic acids is 1. The molecule has 32 heavy (non-hydrogen) atoms. The van der Waals surface area contributed by atoms with Gasteiger partial charge in [-0.25, -0.2) is 14.2 Å². The lowest BCUT2D eigenvalue weighted by Gasteiger charge is -2.33. The zero-order valence-corrected chi connectivity index (χ0v) is 19.6. The van der Waals surface area contributed by atoms with E-state index in [0.717, 1.165) is 0 Å². The predicted octanol–water partition coefficient (Wildman–Crippen LogP) is 4.43. The molecule has 0 aliphatic carbocycles. The maximum Gasteiger partial charge on any atom is 0.322 e. The Labute approximate surface area is 192 Å². The molecule has 4 heterocycles. The number of hydrogen-bond acceptors (Lipinski definition) is 4. The minimum Gasteiger partial charge on any atom is -0.390 e. The molecule has 11 heteroatoms. The predicted molar refractivity (Wildman–Crippen MR) is 115 cm³/mol. The first kappa shape index (κ1) is 23.0. The van der Waals surface area contributed by atoms with E-state index in [0.29, 0.717) is 17.7 Å². The minimum absolute atomic E-state index is 0.0350. The van der Waals surface area contributed by atoms with Gasteiger partial charge in [-0.3, -0.25) is 4.68 Å². The Bertz CT molecular complexity index is 1050. The number of aliphatic hydroxyl groups is 1. The van der Waals surface area contributed by atoms with Crippen LogP contribution in [-0.4, -0.2) is 42.4 Å². The standard InChI is InChI=1S/C21H25BrF3N5O2/c1-11-8-15-13(10-29(11)19(31)27-14-5-7-26-18(22)16(14)23)17-21(24,25)6-4-12(20(2,3)32)9-30(17)28-15/h5,7,11-12,32H,4,6,8-10H2,1-3H3,(H,26,27,31)/t11-,12?/m1/s1. The summed E-state index contributed by atoms with van der Waals surface area (Å²) in [7, 11) is 0. The fourth-order valence-electron chi connectivity index (χ4n) is 4.46. The largest absolute Gasteiger partial charge is 0.390 e. The van der Waals surface area contributed by atoms with Gasteiger partial charge >= 0.3 is 6.03 Å². The van der Waals surface area contributed by atoms with Gasteiger partial charge in [0.15, 0.2) is 5.82 Å². The van der Waals surface area contributed by atoms with Gasteiger partial charge in [0, 0.05) is 43.1 Å². The highest BCUT2D eigenvalue weighted by molar-refractivity contribution is 9.10. The van der Waals surface area contributed by atoms with Gasteiger partial charge in [0.25, 0.3) is 5.92 Å². The average Bonchev–Trinajstić information content (AvgIpc) is 2.97. The van der Waals surface area contributed by atoms with Crippen molar-refractivity contribution in [3.63, 3.8) is 0 Å². The second-order valence-corrected chi connectivity index (χ2v) is 9.88. The quantitative estimate of drug-likeness (QED) is 0.579. The molecule has 2 amide bonds. The third-order valence-electron chi connectivity index (χ3n) is 6.38. The number of urea groups is 1. The second kappa shape index (κ2) is 8.02. The van der Waals surface area contributed by atoms with Crippen molar-refractivity contribution in [1.82, 2.24) is 19.7 Å². The lowest BCUT2D eigenvalue weighted by molar-refractivity contribution is -0.0336. The number of hydrogen-bond donors (Lipinski definition) is 2. The number of anilines is 1. The van der Waals surface area contributed by atoms with E-state index in [1.54, 1.807) is 20.8 Å². The lowest BCUT2D eigenvalue weighted by Crippen LogP contribution is -2.45. The van der Waals surface area contributed by atoms with Gasteiger partial charge in [-0.2, -0.15) is 13.9 Å². The molecule has 2 N–H and O–H groups in total. The van der Waals surface area contributed by atoms with Gasteiger partial charge in [0.2, 0.25) is 0 Å². The Morgan fingerprint density at radius 1 is 1.41 bits per heavy atom. The molecule has 0 aromatic carbocycles. The molecule has 2 aliphatic heterocycles. The lowest BCUT2D eigenvalue weighted by atomic mass is 9.86. The molecule has 0 bridgehead atoms. The number of rotatable bonds is 2. The molecule has 0 spiro atoms. The first-order chi connectivity index (χ1) is 14.9. The fourth-order valence-corrected chi connectivity index (χ4v) is 4.79. The van der Waals surface area contributed by atoms with Crippen molar-refractivity contribution in [2.45, 2.75) is 70.7 Å². The van der Waals surface area contributed by atoms with Crippen LogP contribution in [0.2, 0.25) is 0 Å². The average molecular weight is 516 g/mol. The molecule has 0 saturated heterocycles. The maximum absolute atomic E-state index is 15.2. The second-order valence-electron chi connectivity index (χ2n) is 9.12. The van der Waals surface area contributed by atoms with Crippen LogP contribution in [0.5, 0.6) is 0 Å². The highest BCUT2D eigenvalue weighted by Gasteiger charge is 2.46. The number of aromatic nitrogens is 3. The molecule has 4 rings (SSSR count). The van der Waals surface area contributed by atoms with Gasteiger partial charge in [-0.1, -0.05) is 0 Å². The third kappa shape index (κ3) is 4.12. The van der Waals surface area contributed by atoms with Crippen molar-refractivity contribution in [2.24, 2.45) is 5.92 Å². The first-order valence-electron chi connectivity index (χ1n) is 10.5. The zero-order chi connectivity index (χ0) is 23.4. The summed E-state index contributed by atoms with van der Waals surface area (Å²) in [6, 6.07) is 0.412. The molecular formula is C21H25BrF3N5O2. The number of amides is 2. The van der Waals surface area contributed by atoms with Gasteiger partial charge < -0.3 is 15.3 Å². The summed E-state index contributed by atoms with van der Waals surface area (Å²) in [6.45, 7) is 5.15. The van der Waals surface area contributed by atoms with Crippen LogP contribution in [-0.2, 0) is 25.4 Å². The van der Waals surface area contributed by atoms with Gasteiger partial charge in [-0.15, -0.1) is 0 Å². The van der Waals surface area contributed by atoms with Gasteiger partial charge in [0.1, 0.15) is 10.3 Å². The van der Waals surface area contributed by atoms with Crippen LogP contribution >= 0.6 is 15.9 Å². The molecule has 174 valence electrons. The Morgan fingerprint density at radius 3 is 2.81 bits per heavy atom. The maximum atomic E-state index is 15.2. The molecule has 2 aromatic heterocycles. The Kier molecular flexibility index (Phi) is 5.77. The van der Waals surface area contributed by atoms with E-state index in [2.05, 4.69) is 31.3 Å². The molecule has 0 radical (unpaired) electrons. The van der Waals surface area contributed by atoms with Crippen LogP contribution in [0.15, 0.2) is 16.9 Å². The minimum atomic E-state index is -3.13. The van der Waals surface area contributed by atoms with E-state index in [1.165, 1.54) is 21.8 Å². The van der Waals surface area contributed by atoms with Crippen molar-refractivity contribution in [3.8, 4) is 0 Å². The number of pyridine rings is 1. The molecule has 2 aliphatic rings. The van der Waals surface area contributed by atoms with E-state index in [9.17, 15) is 14.3 Å². The van der Waals surface area contributed by atoms with Crippen LogP contribution in [0.4, 0.5) is 23.7 Å². The number of fused-ring (bicyclic) bond motifs is 3. The van der Waals surface area contributed by atoms with Crippen LogP contribution in [0.25, 0.3) is 0 Å². The number of carbonyl (C=O) groups is 1. The van der Waals surface area contributed by atoms with Crippen LogP contribution in [0, 0.1) is 11.7 Å². The molecule has 7 nitrogen and oxygen atoms in total. The van der Waals surface area contributed by atoms with Crippen molar-refractivity contribution < 1.29 is 23.1 Å². The van der Waals surface area contributed by atoms with Crippen LogP contribution in [0.3, 0.4) is 0 Å². The fraction of sp³-hybridized carbons (Fsp3) is 0.571. The Balaban J connectivity index is 1.65. The summed E-state index contributed by atoms with van der Waals surface area (Å²) >= 11 is 2.98. The van der Waals surface area contributed by atoms with Crippen LogP contribution < -0.4 is 5.32 Å². The molecule has 0 saturated carbocycles. The summed E-state index contributed by atoms with van der Waals surface area (Å²) in [6.07, 6.45) is 1.40. The van der Waals surface area contributed by atoms with Crippen molar-refractivity contribution in [1.29, 1.82) is 0 Å². The summed E-state index contributed by atoms with van der Waals surface area (Å²) in [5.74, 6) is -4.22. The van der Waals surface area contributed by atoms with Crippen molar-refractivity contribution in [2.75, 3.05) is 5.32 Å². The van der Waals surface area contributed by atoms with Gasteiger partial charge in [-0.05, 0) is 49.2 Å². The third-order valence-corrected chi connectivity index (χ3v) is 6.93. The zero-order valence-electron chi connectivity index (χ0n) is 18.0. The highest BCUT2D eigenvalue weighted by atomic mass is 79.9. The molecule has 0 fully saturated rings. The van der Waals surface area contributed by atoms with Crippen molar-refractivity contribution >= 4 is 27.6 Å². The van der Waals surface area contributed by atoms with E-state index < -0.39 is 29.8 Å². The topological polar surface area (TPSA) is 83.3 Å². The summed E-state index contributed by atoms with van der Waals surface area (Å²) in [5, 5.41) is 17.4. The summed E-state index contributed by atoms with van der Waals surface area (Å²) in [5.41, 5.74) is -0.503. The monoisotopic (exact) mass is 515 g/mol. The first-order valence-corrected chi connectivity index (χ1v) is 11.2. The summed E-state index contributed by atoms with van der Waals surface area (Å²) in [4.78, 5) is 18.1. The number of nitrogens with zero attached hydrogens (tertiary/aromatic N) is 4. The van der Waals surface area contributed by atoms with Gasteiger partial charge in [0.05, 0.1) is 23.5 Å². The summed E-state index contributed by atoms with van der Waals surface area (Å²) < 4.78 is 45.9. The van der Waals surface area contributed by atoms with E-state index in [4.69, 9.17) is 0 Å². The Hall–Kier alpha value is -2.14. The van der Waals surface area contributed by atoms with E-state index in [1.807, 2.05) is 0 Å². The van der Waals surface area contributed by atoms with E-state index >= 15 is 8.78 Å². The molecule has 1 unspecified atom stereocenters. The number of nitrogens with one attached hydrogen (secondary N) is 1. The molecule has 2 atom stereocenters. The smallest absolute Gasteiger partial charge is 0.322 e. The Morgan fingerprint density at radius 2 is 2.12 bits per heavy atom. The number of alkyl halides is 2. The van der Waals surface area contributed by atoms with E-state index in [-0.39, 0.29) is 47.5 Å². The molecular weight excluding hydrogens is 491 g/mol. The normalized spacial score (nSPS) is 22.7. The van der Waals surface area contributed by atoms with Crippen LogP contribution in [0.1, 0.15) is 50.6 Å². The number of halogens is 4. The van der Waals surface area contributed by atoms with Crippen molar-refractivity contribution in [3.05, 3.63) is 39.6 Å². The highest BCUT2D eigenvalue weighted by Crippen LogP contribution is 2.44. The molecule has 2 aromatic rings. The SMILES string of the molecule is C[C@@H]1Cc2nn3c(c2CN1C(=O)Nc1ccnc(Br)c1F)C(F)(F)CCC(C(C)(C)O)C3.